The molecule has 0 amide bonds. The second kappa shape index (κ2) is 8.34. The molecule has 2 heterocycles. The first-order valence-corrected chi connectivity index (χ1v) is 11.6. The first-order chi connectivity index (χ1) is 14.0. The van der Waals surface area contributed by atoms with Gasteiger partial charge in [0, 0.05) is 32.7 Å². The minimum atomic E-state index is -3.45. The van der Waals surface area contributed by atoms with Crippen molar-refractivity contribution in [3.05, 3.63) is 53.6 Å². The predicted molar refractivity (Wildman–Crippen MR) is 112 cm³/mol. The molecule has 6 nitrogen and oxygen atoms in total. The Morgan fingerprint density at radius 1 is 0.966 bits per heavy atom. The smallest absolute Gasteiger partial charge is 0.243 e. The Kier molecular flexibility index (Phi) is 5.81. The van der Waals surface area contributed by atoms with Crippen LogP contribution in [0.3, 0.4) is 0 Å². The van der Waals surface area contributed by atoms with Crippen LogP contribution in [0.1, 0.15) is 37.3 Å². The van der Waals surface area contributed by atoms with Crippen molar-refractivity contribution in [3.8, 4) is 11.5 Å². The van der Waals surface area contributed by atoms with Crippen LogP contribution in [0.2, 0.25) is 0 Å². The van der Waals surface area contributed by atoms with Gasteiger partial charge in [-0.25, -0.2) is 8.42 Å². The molecule has 7 heteroatoms. The fourth-order valence-corrected chi connectivity index (χ4v) is 5.20. The Hall–Kier alpha value is -2.09. The van der Waals surface area contributed by atoms with Crippen LogP contribution in [0.25, 0.3) is 0 Å². The maximum Gasteiger partial charge on any atom is 0.243 e. The highest BCUT2D eigenvalue weighted by molar-refractivity contribution is 7.89. The first-order valence-electron chi connectivity index (χ1n) is 10.2. The van der Waals surface area contributed by atoms with Crippen molar-refractivity contribution in [2.75, 3.05) is 33.0 Å². The van der Waals surface area contributed by atoms with Crippen LogP contribution < -0.4 is 9.47 Å². The summed E-state index contributed by atoms with van der Waals surface area (Å²) in [6.07, 6.45) is 1.04. The number of rotatable bonds is 6. The molecule has 2 aliphatic rings. The molecule has 2 aromatic carbocycles. The third-order valence-electron chi connectivity index (χ3n) is 5.87. The molecule has 0 aromatic heterocycles. The van der Waals surface area contributed by atoms with Gasteiger partial charge in [-0.3, -0.25) is 4.90 Å². The van der Waals surface area contributed by atoms with E-state index in [2.05, 4.69) is 18.7 Å². The summed E-state index contributed by atoms with van der Waals surface area (Å²) < 4.78 is 38.4. The fraction of sp³-hybridized carbons (Fsp3) is 0.455. The van der Waals surface area contributed by atoms with Gasteiger partial charge in [-0.15, -0.1) is 0 Å². The summed E-state index contributed by atoms with van der Waals surface area (Å²) in [4.78, 5) is 2.66. The van der Waals surface area contributed by atoms with Crippen LogP contribution in [-0.4, -0.2) is 50.6 Å². The van der Waals surface area contributed by atoms with E-state index in [0.717, 1.165) is 30.0 Å². The van der Waals surface area contributed by atoms with Crippen LogP contribution in [0.15, 0.2) is 47.4 Å². The Morgan fingerprint density at radius 3 is 2.34 bits per heavy atom. The molecule has 1 unspecified atom stereocenters. The number of piperazine rings is 1. The van der Waals surface area contributed by atoms with Gasteiger partial charge in [-0.05, 0) is 47.7 Å². The van der Waals surface area contributed by atoms with Crippen LogP contribution in [0.4, 0.5) is 0 Å². The van der Waals surface area contributed by atoms with Crippen molar-refractivity contribution < 1.29 is 17.9 Å². The zero-order valence-corrected chi connectivity index (χ0v) is 17.8. The number of sulfonamides is 1. The van der Waals surface area contributed by atoms with Crippen molar-refractivity contribution in [2.45, 2.75) is 37.6 Å². The Bertz CT molecular complexity index is 951. The minimum absolute atomic E-state index is 0.271. The quantitative estimate of drug-likeness (QED) is 0.722. The standard InChI is InChI=1S/C22H28N2O4S/c1-3-17(2)19-5-7-20(8-6-19)29(25,26)24-12-10-23(11-13-24)15-18-4-9-21-22(14-18)28-16-27-21/h4-9,14,17H,3,10-13,15-16H2,1-2H3. The lowest BCUT2D eigenvalue weighted by atomic mass is 9.99. The molecule has 1 fully saturated rings. The first kappa shape index (κ1) is 20.2. The van der Waals surface area contributed by atoms with Crippen molar-refractivity contribution in [2.24, 2.45) is 0 Å². The van der Waals surface area contributed by atoms with E-state index in [1.54, 1.807) is 16.4 Å². The number of hydrogen-bond acceptors (Lipinski definition) is 5. The zero-order valence-electron chi connectivity index (χ0n) is 17.0. The molecule has 0 aliphatic carbocycles. The molecule has 2 aromatic rings. The van der Waals surface area contributed by atoms with Gasteiger partial charge in [-0.1, -0.05) is 32.0 Å². The summed E-state index contributed by atoms with van der Waals surface area (Å²) in [5, 5.41) is 0. The predicted octanol–water partition coefficient (Wildman–Crippen LogP) is 3.44. The SMILES string of the molecule is CCC(C)c1ccc(S(=O)(=O)N2CCN(Cc3ccc4c(c3)OCO4)CC2)cc1. The lowest BCUT2D eigenvalue weighted by molar-refractivity contribution is 0.173. The average molecular weight is 417 g/mol. The van der Waals surface area contributed by atoms with E-state index in [9.17, 15) is 8.42 Å². The molecule has 0 N–H and O–H groups in total. The van der Waals surface area contributed by atoms with E-state index < -0.39 is 10.0 Å². The third kappa shape index (κ3) is 4.27. The molecule has 0 bridgehead atoms. The monoisotopic (exact) mass is 416 g/mol. The number of ether oxygens (including phenoxy) is 2. The van der Waals surface area contributed by atoms with Crippen LogP contribution in [0.5, 0.6) is 11.5 Å². The summed E-state index contributed by atoms with van der Waals surface area (Å²) in [5.41, 5.74) is 2.33. The fourth-order valence-electron chi connectivity index (χ4n) is 3.78. The molecule has 0 spiro atoms. The Labute approximate surface area is 173 Å². The molecule has 1 saturated heterocycles. The minimum Gasteiger partial charge on any atom is -0.454 e. The van der Waals surface area contributed by atoms with Crippen molar-refractivity contribution in [3.63, 3.8) is 0 Å². The summed E-state index contributed by atoms with van der Waals surface area (Å²) in [7, 11) is -3.45. The van der Waals surface area contributed by atoms with Gasteiger partial charge in [0.25, 0.3) is 0 Å². The Balaban J connectivity index is 1.37. The van der Waals surface area contributed by atoms with Gasteiger partial charge in [0.1, 0.15) is 0 Å². The Morgan fingerprint density at radius 2 is 1.66 bits per heavy atom. The third-order valence-corrected chi connectivity index (χ3v) is 7.79. The van der Waals surface area contributed by atoms with Crippen LogP contribution >= 0.6 is 0 Å². The maximum atomic E-state index is 13.0. The molecular formula is C22H28N2O4S. The molecule has 1 atom stereocenters. The van der Waals surface area contributed by atoms with Gasteiger partial charge in [0.2, 0.25) is 16.8 Å². The molecule has 2 aliphatic heterocycles. The van der Waals surface area contributed by atoms with E-state index >= 15 is 0 Å². The molecule has 29 heavy (non-hydrogen) atoms. The number of hydrogen-bond donors (Lipinski definition) is 0. The van der Waals surface area contributed by atoms with Crippen LogP contribution in [0, 0.1) is 0 Å². The summed E-state index contributed by atoms with van der Waals surface area (Å²) in [6, 6.07) is 13.3. The second-order valence-corrected chi connectivity index (χ2v) is 9.68. The van der Waals surface area contributed by atoms with Gasteiger partial charge in [0.05, 0.1) is 4.90 Å². The maximum absolute atomic E-state index is 13.0. The highest BCUT2D eigenvalue weighted by atomic mass is 32.2. The van der Waals surface area contributed by atoms with Gasteiger partial charge >= 0.3 is 0 Å². The molecular weight excluding hydrogens is 388 g/mol. The lowest BCUT2D eigenvalue weighted by Crippen LogP contribution is -2.48. The topological polar surface area (TPSA) is 59.1 Å². The highest BCUT2D eigenvalue weighted by Gasteiger charge is 2.28. The number of nitrogens with zero attached hydrogens (tertiary/aromatic N) is 2. The van der Waals surface area contributed by atoms with Crippen LogP contribution in [-0.2, 0) is 16.6 Å². The van der Waals surface area contributed by atoms with Gasteiger partial charge in [0.15, 0.2) is 11.5 Å². The summed E-state index contributed by atoms with van der Waals surface area (Å²) in [5.74, 6) is 2.00. The molecule has 156 valence electrons. The van der Waals surface area contributed by atoms with E-state index in [1.807, 2.05) is 30.3 Å². The van der Waals surface area contributed by atoms with E-state index in [-0.39, 0.29) is 6.79 Å². The van der Waals surface area contributed by atoms with E-state index in [0.29, 0.717) is 37.0 Å². The largest absolute Gasteiger partial charge is 0.454 e. The number of benzene rings is 2. The average Bonchev–Trinajstić information content (AvgIpc) is 3.21. The molecule has 4 rings (SSSR count). The lowest BCUT2D eigenvalue weighted by Gasteiger charge is -2.34. The molecule has 0 radical (unpaired) electrons. The molecule has 0 saturated carbocycles. The van der Waals surface area contributed by atoms with Crippen molar-refractivity contribution in [1.82, 2.24) is 9.21 Å². The van der Waals surface area contributed by atoms with Crippen molar-refractivity contribution in [1.29, 1.82) is 0 Å². The highest BCUT2D eigenvalue weighted by Crippen LogP contribution is 2.33. The van der Waals surface area contributed by atoms with Gasteiger partial charge in [-0.2, -0.15) is 4.31 Å². The zero-order chi connectivity index (χ0) is 20.4. The van der Waals surface area contributed by atoms with Gasteiger partial charge < -0.3 is 9.47 Å². The summed E-state index contributed by atoms with van der Waals surface area (Å²) in [6.45, 7) is 7.75. The second-order valence-electron chi connectivity index (χ2n) is 7.75. The normalized spacial score (nSPS) is 18.7. The van der Waals surface area contributed by atoms with E-state index in [4.69, 9.17) is 9.47 Å². The van der Waals surface area contributed by atoms with E-state index in [1.165, 1.54) is 5.56 Å². The van der Waals surface area contributed by atoms with Crippen molar-refractivity contribution >= 4 is 10.0 Å². The number of fused-ring (bicyclic) bond motifs is 1. The summed E-state index contributed by atoms with van der Waals surface area (Å²) >= 11 is 0.